The van der Waals surface area contributed by atoms with Crippen LogP contribution in [-0.4, -0.2) is 76.5 Å². The van der Waals surface area contributed by atoms with Crippen LogP contribution in [0.5, 0.6) is 0 Å². The van der Waals surface area contributed by atoms with Gasteiger partial charge in [-0.05, 0) is 72.1 Å². The fourth-order valence-electron chi connectivity index (χ4n) is 6.64. The summed E-state index contributed by atoms with van der Waals surface area (Å²) in [6, 6.07) is -2.79. The minimum atomic E-state index is -1.09. The van der Waals surface area contributed by atoms with Crippen LogP contribution in [0.1, 0.15) is 92.4 Å². The predicted octanol–water partition coefficient (Wildman–Crippen LogP) is 2.19. The van der Waals surface area contributed by atoms with E-state index in [1.165, 1.54) is 4.90 Å². The Morgan fingerprint density at radius 3 is 2.25 bits per heavy atom. The summed E-state index contributed by atoms with van der Waals surface area (Å²) in [5, 5.41) is 5.61. The number of rotatable bonds is 9. The molecule has 40 heavy (non-hydrogen) atoms. The Bertz CT molecular complexity index is 1010. The van der Waals surface area contributed by atoms with Crippen LogP contribution in [-0.2, 0) is 28.7 Å². The Kier molecular flexibility index (Phi) is 8.82. The number of fused-ring (bicyclic) bond motifs is 1. The van der Waals surface area contributed by atoms with Crippen molar-refractivity contribution in [3.05, 3.63) is 0 Å². The van der Waals surface area contributed by atoms with Crippen LogP contribution in [0.2, 0.25) is 0 Å². The first-order chi connectivity index (χ1) is 18.6. The highest BCUT2D eigenvalue weighted by atomic mass is 16.6. The minimum absolute atomic E-state index is 0.0886. The molecule has 4 rings (SSSR count). The number of nitrogens with one attached hydrogen (secondary N) is 2. The van der Waals surface area contributed by atoms with Crippen LogP contribution in [0.3, 0.4) is 0 Å². The molecule has 5 atom stereocenters. The molecule has 4 N–H and O–H groups in total. The lowest BCUT2D eigenvalue weighted by Gasteiger charge is -2.36. The van der Waals surface area contributed by atoms with Gasteiger partial charge in [0.2, 0.25) is 17.6 Å². The van der Waals surface area contributed by atoms with Crippen molar-refractivity contribution in [2.75, 3.05) is 6.54 Å². The van der Waals surface area contributed by atoms with E-state index in [0.717, 1.165) is 44.9 Å². The number of carbonyl (C=O) groups excluding carboxylic acids is 5. The molecule has 11 nitrogen and oxygen atoms in total. The largest absolute Gasteiger partial charge is 0.444 e. The van der Waals surface area contributed by atoms with Crippen LogP contribution in [0.4, 0.5) is 4.79 Å². The number of hydrogen-bond donors (Lipinski definition) is 3. The van der Waals surface area contributed by atoms with Gasteiger partial charge in [-0.1, -0.05) is 32.1 Å². The smallest absolute Gasteiger partial charge is 0.408 e. The first kappa shape index (κ1) is 30.3. The molecule has 4 aliphatic rings. The molecular weight excluding hydrogens is 516 g/mol. The van der Waals surface area contributed by atoms with Crippen LogP contribution in [0.25, 0.3) is 0 Å². The summed E-state index contributed by atoms with van der Waals surface area (Å²) < 4.78 is 11.7. The number of ketones is 1. The summed E-state index contributed by atoms with van der Waals surface area (Å²) in [5.74, 6) is -2.90. The van der Waals surface area contributed by atoms with Gasteiger partial charge in [0.25, 0.3) is 5.91 Å². The van der Waals surface area contributed by atoms with E-state index in [1.807, 2.05) is 13.8 Å². The number of hydrogen-bond acceptors (Lipinski definition) is 7. The number of ether oxygens (including phenoxy) is 2. The Labute approximate surface area is 236 Å². The van der Waals surface area contributed by atoms with Crippen molar-refractivity contribution >= 4 is 29.6 Å². The SMILES string of the molecule is CC(C)(C)OC(=O)N[C@H](C(=O)N1CC2OC(C)(C)CC2[C@H]1C(=O)NC(CC1CC1)C(=O)C(N)=O)C1CCCCC1. The number of amides is 4. The van der Waals surface area contributed by atoms with Crippen molar-refractivity contribution < 1.29 is 33.4 Å². The predicted molar refractivity (Wildman–Crippen MR) is 146 cm³/mol. The van der Waals surface area contributed by atoms with Gasteiger partial charge in [0, 0.05) is 12.5 Å². The third-order valence-electron chi connectivity index (χ3n) is 8.55. The minimum Gasteiger partial charge on any atom is -0.444 e. The number of Topliss-reactive ketones (excluding diaryl/α,β-unsaturated/α-hetero) is 1. The molecule has 0 aromatic heterocycles. The monoisotopic (exact) mass is 562 g/mol. The molecule has 2 saturated heterocycles. The molecule has 2 heterocycles. The number of nitrogens with two attached hydrogens (primary N) is 1. The molecule has 2 saturated carbocycles. The highest BCUT2D eigenvalue weighted by Crippen LogP contribution is 2.44. The van der Waals surface area contributed by atoms with E-state index in [0.29, 0.717) is 12.8 Å². The first-order valence-corrected chi connectivity index (χ1v) is 14.8. The van der Waals surface area contributed by atoms with Gasteiger partial charge in [0.05, 0.1) is 17.7 Å². The van der Waals surface area contributed by atoms with E-state index >= 15 is 0 Å². The molecule has 4 amide bonds. The van der Waals surface area contributed by atoms with E-state index in [9.17, 15) is 24.0 Å². The Morgan fingerprint density at radius 2 is 1.68 bits per heavy atom. The van der Waals surface area contributed by atoms with Crippen molar-refractivity contribution in [2.45, 2.75) is 128 Å². The molecule has 0 aromatic rings. The second kappa shape index (κ2) is 11.7. The van der Waals surface area contributed by atoms with E-state index in [-0.39, 0.29) is 36.3 Å². The fraction of sp³-hybridized carbons (Fsp3) is 0.828. The van der Waals surface area contributed by atoms with Gasteiger partial charge in [-0.15, -0.1) is 0 Å². The lowest BCUT2D eigenvalue weighted by Crippen LogP contribution is -2.59. The van der Waals surface area contributed by atoms with E-state index in [4.69, 9.17) is 15.2 Å². The van der Waals surface area contributed by atoms with Gasteiger partial charge in [-0.2, -0.15) is 0 Å². The van der Waals surface area contributed by atoms with Gasteiger partial charge in [-0.3, -0.25) is 19.2 Å². The average molecular weight is 563 g/mol. The van der Waals surface area contributed by atoms with Crippen LogP contribution in [0, 0.1) is 17.8 Å². The number of alkyl carbamates (subject to hydrolysis) is 1. The maximum atomic E-state index is 14.2. The highest BCUT2D eigenvalue weighted by Gasteiger charge is 2.56. The summed E-state index contributed by atoms with van der Waals surface area (Å²) in [4.78, 5) is 66.8. The van der Waals surface area contributed by atoms with Crippen LogP contribution >= 0.6 is 0 Å². The van der Waals surface area contributed by atoms with E-state index in [1.54, 1.807) is 20.8 Å². The molecule has 0 radical (unpaired) electrons. The Hall–Kier alpha value is -2.69. The molecule has 3 unspecified atom stereocenters. The molecule has 0 spiro atoms. The summed E-state index contributed by atoms with van der Waals surface area (Å²) in [7, 11) is 0. The lowest BCUT2D eigenvalue weighted by atomic mass is 9.83. The van der Waals surface area contributed by atoms with E-state index in [2.05, 4.69) is 10.6 Å². The Balaban J connectivity index is 1.60. The maximum Gasteiger partial charge on any atom is 0.408 e. The maximum absolute atomic E-state index is 14.2. The van der Waals surface area contributed by atoms with Gasteiger partial charge < -0.3 is 30.7 Å². The van der Waals surface area contributed by atoms with Crippen molar-refractivity contribution in [1.82, 2.24) is 15.5 Å². The Morgan fingerprint density at radius 1 is 1.02 bits per heavy atom. The fourth-order valence-corrected chi connectivity index (χ4v) is 6.64. The van der Waals surface area contributed by atoms with Crippen molar-refractivity contribution in [2.24, 2.45) is 23.5 Å². The number of carbonyl (C=O) groups is 5. The van der Waals surface area contributed by atoms with E-state index < -0.39 is 53.0 Å². The average Bonchev–Trinajstić information content (AvgIpc) is 3.53. The quantitative estimate of drug-likeness (QED) is 0.364. The summed E-state index contributed by atoms with van der Waals surface area (Å²) >= 11 is 0. The molecule has 2 aliphatic carbocycles. The molecular formula is C29H46N4O7. The third kappa shape index (κ3) is 7.33. The topological polar surface area (TPSA) is 157 Å². The van der Waals surface area contributed by atoms with Gasteiger partial charge in [0.1, 0.15) is 17.7 Å². The lowest BCUT2D eigenvalue weighted by molar-refractivity contribution is -0.144. The van der Waals surface area contributed by atoms with Crippen molar-refractivity contribution in [3.63, 3.8) is 0 Å². The molecule has 4 fully saturated rings. The highest BCUT2D eigenvalue weighted by molar-refractivity contribution is 6.37. The van der Waals surface area contributed by atoms with Crippen LogP contribution < -0.4 is 16.4 Å². The first-order valence-electron chi connectivity index (χ1n) is 14.8. The number of likely N-dealkylation sites (tertiary alicyclic amines) is 1. The molecule has 224 valence electrons. The standard InChI is InChI=1S/C29H46N4O7/c1-28(2,3)40-27(38)32-21(17-9-7-6-8-10-17)26(37)33-15-20-18(14-29(4,5)39-20)22(33)25(36)31-19(13-16-11-12-16)23(34)24(30)35/h16-22H,6-15H2,1-5H3,(H2,30,35)(H,31,36)(H,32,38)/t18?,19?,20?,21-,22-/m0/s1. The van der Waals surface area contributed by atoms with Gasteiger partial charge >= 0.3 is 6.09 Å². The van der Waals surface area contributed by atoms with Crippen molar-refractivity contribution in [1.29, 1.82) is 0 Å². The summed E-state index contributed by atoms with van der Waals surface area (Å²) in [6.45, 7) is 9.38. The third-order valence-corrected chi connectivity index (χ3v) is 8.55. The zero-order chi connectivity index (χ0) is 29.4. The molecule has 2 aliphatic heterocycles. The second-order valence-corrected chi connectivity index (χ2v) is 13.7. The zero-order valence-electron chi connectivity index (χ0n) is 24.5. The van der Waals surface area contributed by atoms with Crippen LogP contribution in [0.15, 0.2) is 0 Å². The van der Waals surface area contributed by atoms with Gasteiger partial charge in [-0.25, -0.2) is 4.79 Å². The molecule has 0 bridgehead atoms. The number of nitrogens with zero attached hydrogens (tertiary/aromatic N) is 1. The summed E-state index contributed by atoms with van der Waals surface area (Å²) in [6.07, 6.45) is 6.25. The molecule has 11 heteroatoms. The van der Waals surface area contributed by atoms with Gasteiger partial charge in [0.15, 0.2) is 0 Å². The zero-order valence-corrected chi connectivity index (χ0v) is 24.5. The second-order valence-electron chi connectivity index (χ2n) is 13.7. The number of primary amides is 1. The summed E-state index contributed by atoms with van der Waals surface area (Å²) in [5.41, 5.74) is 4.08. The normalized spacial score (nSPS) is 27.8. The molecule has 0 aromatic carbocycles. The van der Waals surface area contributed by atoms with Crippen molar-refractivity contribution in [3.8, 4) is 0 Å².